The molecule has 0 bridgehead atoms. The van der Waals surface area contributed by atoms with Crippen LogP contribution in [0.15, 0.2) is 12.1 Å². The molecule has 1 aliphatic rings. The molecule has 0 spiro atoms. The molecule has 1 N–H and O–H groups in total. The fourth-order valence-corrected chi connectivity index (χ4v) is 2.55. The van der Waals surface area contributed by atoms with Crippen LogP contribution in [0.1, 0.15) is 45.2 Å². The summed E-state index contributed by atoms with van der Waals surface area (Å²) in [6, 6.07) is 4.21. The van der Waals surface area contributed by atoms with Gasteiger partial charge >= 0.3 is 7.48 Å². The van der Waals surface area contributed by atoms with Crippen LogP contribution in [0.4, 0.5) is 0 Å². The first kappa shape index (κ1) is 14.9. The summed E-state index contributed by atoms with van der Waals surface area (Å²) < 4.78 is 5.89. The third kappa shape index (κ3) is 2.99. The van der Waals surface area contributed by atoms with Crippen molar-refractivity contribution in [1.82, 2.24) is 0 Å². The van der Waals surface area contributed by atoms with Gasteiger partial charge in [-0.1, -0.05) is 23.7 Å². The second-order valence-corrected chi connectivity index (χ2v) is 6.77. The second kappa shape index (κ2) is 5.12. The average molecular weight is 281 g/mol. The second-order valence-electron chi connectivity index (χ2n) is 6.39. The Morgan fingerprint density at radius 1 is 1.21 bits per heavy atom. The van der Waals surface area contributed by atoms with E-state index in [1.165, 1.54) is 17.5 Å². The minimum absolute atomic E-state index is 0.434. The Balaban J connectivity index is 2.13. The van der Waals surface area contributed by atoms with Gasteiger partial charge in [-0.05, 0) is 63.5 Å². The molecule has 0 heterocycles. The van der Waals surface area contributed by atoms with Crippen LogP contribution >= 0.6 is 11.6 Å². The molecule has 1 aliphatic carbocycles. The number of aryl methyl sites for hydroxylation is 1. The minimum Gasteiger partial charge on any atom is -0.427 e. The van der Waals surface area contributed by atoms with Crippen LogP contribution in [-0.4, -0.2) is 23.8 Å². The van der Waals surface area contributed by atoms with E-state index in [9.17, 15) is 5.11 Å². The van der Waals surface area contributed by atoms with E-state index >= 15 is 0 Å². The minimum atomic E-state index is -0.893. The normalized spacial score (nSPS) is 15.5. The topological polar surface area (TPSA) is 29.5 Å². The number of hydrogen-bond acceptors (Lipinski definition) is 2. The van der Waals surface area contributed by atoms with Gasteiger partial charge in [0.25, 0.3) is 0 Å². The lowest BCUT2D eigenvalue weighted by atomic mass is 9.81. The molecule has 4 heteroatoms. The first-order valence-corrected chi connectivity index (χ1v) is 7.25. The van der Waals surface area contributed by atoms with Crippen molar-refractivity contribution in [1.29, 1.82) is 0 Å². The van der Waals surface area contributed by atoms with Crippen molar-refractivity contribution >= 4 is 24.5 Å². The zero-order chi connectivity index (χ0) is 14.3. The van der Waals surface area contributed by atoms with E-state index in [2.05, 4.69) is 6.07 Å². The van der Waals surface area contributed by atoms with Crippen molar-refractivity contribution in [2.45, 2.75) is 58.2 Å². The molecule has 0 atom stereocenters. The van der Waals surface area contributed by atoms with Crippen LogP contribution in [-0.2, 0) is 17.5 Å². The van der Waals surface area contributed by atoms with Crippen molar-refractivity contribution in [3.8, 4) is 0 Å². The molecule has 0 unspecified atom stereocenters. The molecule has 19 heavy (non-hydrogen) atoms. The van der Waals surface area contributed by atoms with E-state index in [-0.39, 0.29) is 0 Å². The summed E-state index contributed by atoms with van der Waals surface area (Å²) in [6.45, 7) is 7.32. The quantitative estimate of drug-likeness (QED) is 0.858. The zero-order valence-corrected chi connectivity index (χ0v) is 13.0. The van der Waals surface area contributed by atoms with Gasteiger partial charge < -0.3 is 9.76 Å². The lowest BCUT2D eigenvalue weighted by molar-refractivity contribution is -0.0893. The highest BCUT2D eigenvalue weighted by Crippen LogP contribution is 2.28. The van der Waals surface area contributed by atoms with E-state index in [1.54, 1.807) is 13.8 Å². The number of benzene rings is 1. The van der Waals surface area contributed by atoms with E-state index < -0.39 is 11.2 Å². The van der Waals surface area contributed by atoms with Crippen molar-refractivity contribution in [3.63, 3.8) is 0 Å². The van der Waals surface area contributed by atoms with Gasteiger partial charge in [0.15, 0.2) is 0 Å². The highest BCUT2D eigenvalue weighted by Gasteiger charge is 2.36. The Labute approximate surface area is 121 Å². The van der Waals surface area contributed by atoms with Crippen LogP contribution < -0.4 is 5.46 Å². The van der Waals surface area contributed by atoms with Gasteiger partial charge in [-0.2, -0.15) is 0 Å². The van der Waals surface area contributed by atoms with Gasteiger partial charge in [-0.15, -0.1) is 0 Å². The van der Waals surface area contributed by atoms with Crippen LogP contribution in [0.25, 0.3) is 0 Å². The van der Waals surface area contributed by atoms with Gasteiger partial charge in [0.2, 0.25) is 0 Å². The Hall–Kier alpha value is -0.505. The summed E-state index contributed by atoms with van der Waals surface area (Å²) in [4.78, 5) is 0. The predicted octanol–water partition coefficient (Wildman–Crippen LogP) is 2.37. The average Bonchev–Trinajstić information content (AvgIpc) is 2.75. The van der Waals surface area contributed by atoms with E-state index in [1.807, 2.05) is 19.9 Å². The molecule has 1 aromatic carbocycles. The maximum atomic E-state index is 10.1. The maximum absolute atomic E-state index is 10.1. The van der Waals surface area contributed by atoms with Crippen LogP contribution in [0.5, 0.6) is 0 Å². The molecular formula is C15H22BClO2. The maximum Gasteiger partial charge on any atom is 0.310 e. The van der Waals surface area contributed by atoms with Gasteiger partial charge in [-0.3, -0.25) is 0 Å². The SMILES string of the molecule is CC(C)(O)C(C)(C)OBc1ccc2c(c1Cl)CCC2. The number of halogens is 1. The largest absolute Gasteiger partial charge is 0.427 e. The summed E-state index contributed by atoms with van der Waals surface area (Å²) in [5.41, 5.74) is 2.16. The first-order chi connectivity index (χ1) is 8.72. The number of aliphatic hydroxyl groups is 1. The Morgan fingerprint density at radius 2 is 1.89 bits per heavy atom. The van der Waals surface area contributed by atoms with Crippen molar-refractivity contribution in [2.75, 3.05) is 0 Å². The molecule has 0 saturated carbocycles. The molecule has 2 rings (SSSR count). The van der Waals surface area contributed by atoms with Crippen molar-refractivity contribution in [3.05, 3.63) is 28.3 Å². The molecule has 0 fully saturated rings. The Bertz CT molecular complexity index is 478. The van der Waals surface area contributed by atoms with Gasteiger partial charge in [0.1, 0.15) is 0 Å². The standard InChI is InChI=1S/C15H22BClO2/c1-14(2,18)15(3,4)19-16-12-9-8-10-6-5-7-11(10)13(12)17/h8-9,16,18H,5-7H2,1-4H3. The van der Waals surface area contributed by atoms with Crippen LogP contribution in [0.2, 0.25) is 5.02 Å². The monoisotopic (exact) mass is 280 g/mol. The first-order valence-electron chi connectivity index (χ1n) is 6.88. The number of hydrogen-bond donors (Lipinski definition) is 1. The molecule has 2 nitrogen and oxygen atoms in total. The molecule has 0 aromatic heterocycles. The lowest BCUT2D eigenvalue weighted by Crippen LogP contribution is -2.49. The summed E-state index contributed by atoms with van der Waals surface area (Å²) >= 11 is 6.45. The highest BCUT2D eigenvalue weighted by atomic mass is 35.5. The number of fused-ring (bicyclic) bond motifs is 1. The highest BCUT2D eigenvalue weighted by molar-refractivity contribution is 6.54. The molecule has 0 radical (unpaired) electrons. The number of rotatable bonds is 4. The molecule has 0 saturated heterocycles. The third-order valence-corrected chi connectivity index (χ3v) is 4.83. The van der Waals surface area contributed by atoms with E-state index in [0.29, 0.717) is 7.48 Å². The van der Waals surface area contributed by atoms with Crippen molar-refractivity contribution < 1.29 is 9.76 Å². The van der Waals surface area contributed by atoms with Gasteiger partial charge in [0, 0.05) is 5.02 Å². The van der Waals surface area contributed by atoms with Crippen LogP contribution in [0, 0.1) is 0 Å². The molecule has 0 amide bonds. The molecule has 1 aromatic rings. The summed E-state index contributed by atoms with van der Waals surface area (Å²) in [6.07, 6.45) is 3.39. The predicted molar refractivity (Wildman–Crippen MR) is 81.7 cm³/mol. The summed E-state index contributed by atoms with van der Waals surface area (Å²) in [7, 11) is 0.434. The third-order valence-electron chi connectivity index (χ3n) is 4.35. The van der Waals surface area contributed by atoms with E-state index in [4.69, 9.17) is 16.3 Å². The van der Waals surface area contributed by atoms with Gasteiger partial charge in [0.05, 0.1) is 11.2 Å². The Morgan fingerprint density at radius 3 is 2.53 bits per heavy atom. The van der Waals surface area contributed by atoms with Gasteiger partial charge in [-0.25, -0.2) is 0 Å². The fraction of sp³-hybridized carbons (Fsp3) is 0.600. The summed E-state index contributed by atoms with van der Waals surface area (Å²) in [5.74, 6) is 0. The molecule has 0 aliphatic heterocycles. The zero-order valence-electron chi connectivity index (χ0n) is 12.2. The fourth-order valence-electron chi connectivity index (χ4n) is 2.22. The smallest absolute Gasteiger partial charge is 0.310 e. The Kier molecular flexibility index (Phi) is 4.01. The van der Waals surface area contributed by atoms with Crippen LogP contribution in [0.3, 0.4) is 0 Å². The summed E-state index contributed by atoms with van der Waals surface area (Å²) in [5, 5.41) is 10.9. The van der Waals surface area contributed by atoms with Crippen molar-refractivity contribution in [2.24, 2.45) is 0 Å². The molecule has 104 valence electrons. The molecular weight excluding hydrogens is 258 g/mol. The lowest BCUT2D eigenvalue weighted by Gasteiger charge is -2.37. The van der Waals surface area contributed by atoms with E-state index in [0.717, 1.165) is 23.3 Å².